The van der Waals surface area contributed by atoms with Crippen LogP contribution in [-0.2, 0) is 11.3 Å². The third-order valence-electron chi connectivity index (χ3n) is 3.97. The lowest BCUT2D eigenvalue weighted by Crippen LogP contribution is -2.53. The smallest absolute Gasteiger partial charge is 0.323 e. The molecular weight excluding hydrogens is 256 g/mol. The van der Waals surface area contributed by atoms with Crippen LogP contribution in [0.5, 0.6) is 0 Å². The van der Waals surface area contributed by atoms with Crippen LogP contribution in [0.1, 0.15) is 24.2 Å². The number of carbonyl (C=O) groups excluding carboxylic acids is 2. The lowest BCUT2D eigenvalue weighted by Gasteiger charge is -2.31. The van der Waals surface area contributed by atoms with Crippen molar-refractivity contribution in [2.45, 2.75) is 31.8 Å². The number of amides is 3. The van der Waals surface area contributed by atoms with Crippen molar-refractivity contribution >= 4 is 11.9 Å². The second kappa shape index (κ2) is 4.86. The second-order valence-corrected chi connectivity index (χ2v) is 5.42. The number of piperidine rings is 1. The molecule has 3 heterocycles. The molecule has 0 saturated carbocycles. The number of hydrogen-bond acceptors (Lipinski definition) is 4. The van der Waals surface area contributed by atoms with Crippen molar-refractivity contribution in [2.75, 3.05) is 13.1 Å². The fraction of sp³-hybridized carbons (Fsp3) is 0.500. The maximum atomic E-state index is 12.6. The molecule has 1 spiro atoms. The molecule has 2 N–H and O–H groups in total. The number of nitrogens with zero attached hydrogens (tertiary/aromatic N) is 2. The number of aryl methyl sites for hydroxylation is 1. The van der Waals surface area contributed by atoms with E-state index in [0.717, 1.165) is 24.5 Å². The summed E-state index contributed by atoms with van der Waals surface area (Å²) in [6, 6.07) is 5.31. The zero-order chi connectivity index (χ0) is 14.2. The summed E-state index contributed by atoms with van der Waals surface area (Å²) in [4.78, 5) is 30.3. The second-order valence-electron chi connectivity index (χ2n) is 5.42. The minimum absolute atomic E-state index is 0.118. The number of carbonyl (C=O) groups is 2. The monoisotopic (exact) mass is 274 g/mol. The Morgan fingerprint density at radius 2 is 2.05 bits per heavy atom. The van der Waals surface area contributed by atoms with Crippen molar-refractivity contribution in [1.29, 1.82) is 0 Å². The number of urea groups is 1. The Morgan fingerprint density at radius 1 is 1.30 bits per heavy atom. The highest BCUT2D eigenvalue weighted by atomic mass is 16.2. The molecule has 3 rings (SSSR count). The number of pyridine rings is 1. The van der Waals surface area contributed by atoms with Gasteiger partial charge in [0.15, 0.2) is 0 Å². The van der Waals surface area contributed by atoms with E-state index in [9.17, 15) is 9.59 Å². The normalized spacial score (nSPS) is 21.4. The third-order valence-corrected chi connectivity index (χ3v) is 3.97. The average Bonchev–Trinajstić information content (AvgIpc) is 2.64. The summed E-state index contributed by atoms with van der Waals surface area (Å²) in [5, 5.41) is 6.08. The van der Waals surface area contributed by atoms with Crippen LogP contribution in [0.3, 0.4) is 0 Å². The summed E-state index contributed by atoms with van der Waals surface area (Å²) in [6.45, 7) is 3.64. The summed E-state index contributed by atoms with van der Waals surface area (Å²) < 4.78 is 0. The van der Waals surface area contributed by atoms with Crippen LogP contribution in [0.25, 0.3) is 0 Å². The molecular formula is C14H18N4O2. The molecule has 0 radical (unpaired) electrons. The van der Waals surface area contributed by atoms with Gasteiger partial charge in [-0.1, -0.05) is 6.07 Å². The van der Waals surface area contributed by atoms with Crippen LogP contribution >= 0.6 is 0 Å². The van der Waals surface area contributed by atoms with Crippen molar-refractivity contribution in [2.24, 2.45) is 0 Å². The minimum Gasteiger partial charge on any atom is -0.323 e. The molecule has 0 unspecified atom stereocenters. The molecule has 1 aromatic rings. The van der Waals surface area contributed by atoms with Gasteiger partial charge in [-0.3, -0.25) is 14.7 Å². The van der Waals surface area contributed by atoms with Gasteiger partial charge >= 0.3 is 6.03 Å². The van der Waals surface area contributed by atoms with Crippen molar-refractivity contribution < 1.29 is 9.59 Å². The number of nitrogens with one attached hydrogen (secondary N) is 2. The standard InChI is InChI=1S/C14H18N4O2/c1-10-3-2-4-11(16-10)9-18-12(19)14(17-13(18)20)5-7-15-8-6-14/h2-4,15H,5-9H2,1H3,(H,17,20). The van der Waals surface area contributed by atoms with Gasteiger partial charge in [-0.05, 0) is 45.0 Å². The molecule has 3 amide bonds. The van der Waals surface area contributed by atoms with Gasteiger partial charge in [0.1, 0.15) is 5.54 Å². The molecule has 20 heavy (non-hydrogen) atoms. The first-order chi connectivity index (χ1) is 9.61. The van der Waals surface area contributed by atoms with E-state index in [0.29, 0.717) is 12.8 Å². The van der Waals surface area contributed by atoms with Gasteiger partial charge in [-0.15, -0.1) is 0 Å². The van der Waals surface area contributed by atoms with E-state index in [1.807, 2.05) is 25.1 Å². The highest BCUT2D eigenvalue weighted by molar-refractivity contribution is 6.07. The minimum atomic E-state index is -0.702. The van der Waals surface area contributed by atoms with Gasteiger partial charge in [-0.25, -0.2) is 4.79 Å². The quantitative estimate of drug-likeness (QED) is 0.773. The fourth-order valence-electron chi connectivity index (χ4n) is 2.86. The van der Waals surface area contributed by atoms with E-state index in [-0.39, 0.29) is 18.5 Å². The third kappa shape index (κ3) is 2.16. The predicted molar refractivity (Wildman–Crippen MR) is 72.9 cm³/mol. The molecule has 0 aromatic carbocycles. The van der Waals surface area contributed by atoms with Gasteiger partial charge in [0.2, 0.25) is 0 Å². The Hall–Kier alpha value is -1.95. The number of imide groups is 1. The Kier molecular flexibility index (Phi) is 3.17. The van der Waals surface area contributed by atoms with Crippen LogP contribution in [0.4, 0.5) is 4.79 Å². The van der Waals surface area contributed by atoms with Crippen molar-refractivity contribution in [1.82, 2.24) is 20.5 Å². The molecule has 0 bridgehead atoms. The van der Waals surface area contributed by atoms with Crippen LogP contribution in [0.15, 0.2) is 18.2 Å². The first-order valence-corrected chi connectivity index (χ1v) is 6.88. The number of hydrogen-bond donors (Lipinski definition) is 2. The molecule has 2 aliphatic rings. The zero-order valence-electron chi connectivity index (χ0n) is 11.5. The van der Waals surface area contributed by atoms with Crippen LogP contribution in [0, 0.1) is 6.92 Å². The highest BCUT2D eigenvalue weighted by Crippen LogP contribution is 2.27. The SMILES string of the molecule is Cc1cccc(CN2C(=O)NC3(CCNCC3)C2=O)n1. The molecule has 1 aromatic heterocycles. The largest absolute Gasteiger partial charge is 0.325 e. The van der Waals surface area contributed by atoms with E-state index in [2.05, 4.69) is 15.6 Å². The molecule has 6 heteroatoms. The first kappa shape index (κ1) is 13.1. The van der Waals surface area contributed by atoms with E-state index >= 15 is 0 Å². The lowest BCUT2D eigenvalue weighted by atomic mass is 9.88. The Bertz CT molecular complexity index is 552. The molecule has 106 valence electrons. The van der Waals surface area contributed by atoms with Gasteiger partial charge in [0.25, 0.3) is 5.91 Å². The van der Waals surface area contributed by atoms with E-state index in [4.69, 9.17) is 0 Å². The zero-order valence-corrected chi connectivity index (χ0v) is 11.5. The predicted octanol–water partition coefficient (Wildman–Crippen LogP) is 0.564. The van der Waals surface area contributed by atoms with E-state index < -0.39 is 5.54 Å². The molecule has 6 nitrogen and oxygen atoms in total. The summed E-state index contributed by atoms with van der Waals surface area (Å²) in [5.74, 6) is -0.118. The first-order valence-electron chi connectivity index (χ1n) is 6.88. The lowest BCUT2D eigenvalue weighted by molar-refractivity contribution is -0.132. The molecule has 2 aliphatic heterocycles. The van der Waals surface area contributed by atoms with Crippen molar-refractivity contribution in [3.63, 3.8) is 0 Å². The average molecular weight is 274 g/mol. The van der Waals surface area contributed by atoms with Gasteiger partial charge in [-0.2, -0.15) is 0 Å². The highest BCUT2D eigenvalue weighted by Gasteiger charge is 2.51. The summed E-state index contributed by atoms with van der Waals surface area (Å²) in [6.07, 6.45) is 1.30. The number of aromatic nitrogens is 1. The van der Waals surface area contributed by atoms with Crippen LogP contribution in [0.2, 0.25) is 0 Å². The van der Waals surface area contributed by atoms with Gasteiger partial charge < -0.3 is 10.6 Å². The summed E-state index contributed by atoms with van der Waals surface area (Å²) in [7, 11) is 0. The molecule has 2 fully saturated rings. The maximum absolute atomic E-state index is 12.6. The molecule has 0 atom stereocenters. The topological polar surface area (TPSA) is 74.3 Å². The maximum Gasteiger partial charge on any atom is 0.325 e. The van der Waals surface area contributed by atoms with E-state index in [1.54, 1.807) is 0 Å². The Morgan fingerprint density at radius 3 is 2.75 bits per heavy atom. The van der Waals surface area contributed by atoms with Gasteiger partial charge in [0.05, 0.1) is 12.2 Å². The Labute approximate surface area is 117 Å². The molecule has 2 saturated heterocycles. The van der Waals surface area contributed by atoms with Crippen molar-refractivity contribution in [3.05, 3.63) is 29.6 Å². The number of rotatable bonds is 2. The molecule has 0 aliphatic carbocycles. The summed E-state index contributed by atoms with van der Waals surface area (Å²) >= 11 is 0. The van der Waals surface area contributed by atoms with Gasteiger partial charge in [0, 0.05) is 5.69 Å². The van der Waals surface area contributed by atoms with Crippen LogP contribution < -0.4 is 10.6 Å². The van der Waals surface area contributed by atoms with Crippen LogP contribution in [-0.4, -0.2) is 40.5 Å². The summed E-state index contributed by atoms with van der Waals surface area (Å²) in [5.41, 5.74) is 0.914. The van der Waals surface area contributed by atoms with Crippen molar-refractivity contribution in [3.8, 4) is 0 Å². The Balaban J connectivity index is 1.80. The van der Waals surface area contributed by atoms with E-state index in [1.165, 1.54) is 4.90 Å². The fourth-order valence-corrected chi connectivity index (χ4v) is 2.86.